The first-order valence-corrected chi connectivity index (χ1v) is 9.10. The van der Waals surface area contributed by atoms with Crippen LogP contribution in [-0.2, 0) is 0 Å². The van der Waals surface area contributed by atoms with E-state index < -0.39 is 0 Å². The predicted octanol–water partition coefficient (Wildman–Crippen LogP) is 3.07. The minimum Gasteiger partial charge on any atom is -0.493 e. The third kappa shape index (κ3) is 3.40. The lowest BCUT2D eigenvalue weighted by molar-refractivity contribution is 0.312. The predicted molar refractivity (Wildman–Crippen MR) is 108 cm³/mol. The number of nitrogens with zero attached hydrogens (tertiary/aromatic N) is 4. The number of piperazine rings is 1. The summed E-state index contributed by atoms with van der Waals surface area (Å²) < 4.78 is 10.8. The Balaban J connectivity index is 1.76. The summed E-state index contributed by atoms with van der Waals surface area (Å²) in [5, 5.41) is 1.08. The number of hydrogen-bond acceptors (Lipinski definition) is 6. The standard InChI is InChI=1S/C21H24N4O2/c1-24-8-10-25(11-9-24)21-17-12-15(4-6-18(17)22-14-23-21)16-5-7-19(26-2)20(13-16)27-3/h4-7,12-14H,8-11H2,1-3H3. The summed E-state index contributed by atoms with van der Waals surface area (Å²) in [6.07, 6.45) is 1.66. The Kier molecular flexibility index (Phi) is 4.81. The molecule has 0 amide bonds. The second-order valence-electron chi connectivity index (χ2n) is 6.79. The van der Waals surface area contributed by atoms with Crippen LogP contribution in [0.2, 0.25) is 0 Å². The molecule has 140 valence electrons. The molecule has 27 heavy (non-hydrogen) atoms. The van der Waals surface area contributed by atoms with Crippen LogP contribution in [0.5, 0.6) is 11.5 Å². The van der Waals surface area contributed by atoms with Crippen molar-refractivity contribution in [1.29, 1.82) is 0 Å². The monoisotopic (exact) mass is 364 g/mol. The van der Waals surface area contributed by atoms with Crippen molar-refractivity contribution >= 4 is 16.7 Å². The molecule has 4 rings (SSSR count). The van der Waals surface area contributed by atoms with E-state index in [0.29, 0.717) is 0 Å². The zero-order valence-electron chi connectivity index (χ0n) is 16.0. The summed E-state index contributed by atoms with van der Waals surface area (Å²) in [5.41, 5.74) is 3.14. The Bertz CT molecular complexity index is 952. The average Bonchev–Trinajstić information content (AvgIpc) is 2.73. The second-order valence-corrected chi connectivity index (χ2v) is 6.79. The first kappa shape index (κ1) is 17.5. The van der Waals surface area contributed by atoms with Gasteiger partial charge in [-0.3, -0.25) is 0 Å². The van der Waals surface area contributed by atoms with E-state index >= 15 is 0 Å². The van der Waals surface area contributed by atoms with Crippen molar-refractivity contribution in [3.63, 3.8) is 0 Å². The summed E-state index contributed by atoms with van der Waals surface area (Å²) in [6.45, 7) is 4.04. The van der Waals surface area contributed by atoms with Crippen molar-refractivity contribution in [3.8, 4) is 22.6 Å². The number of anilines is 1. The topological polar surface area (TPSA) is 50.7 Å². The van der Waals surface area contributed by atoms with Crippen molar-refractivity contribution in [2.24, 2.45) is 0 Å². The van der Waals surface area contributed by atoms with E-state index in [0.717, 1.165) is 65.5 Å². The number of aromatic nitrogens is 2. The maximum atomic E-state index is 5.45. The highest BCUT2D eigenvalue weighted by Gasteiger charge is 2.18. The molecule has 2 heterocycles. The lowest BCUT2D eigenvalue weighted by Crippen LogP contribution is -2.44. The van der Waals surface area contributed by atoms with Crippen LogP contribution in [0.25, 0.3) is 22.0 Å². The van der Waals surface area contributed by atoms with Crippen LogP contribution in [0.4, 0.5) is 5.82 Å². The van der Waals surface area contributed by atoms with Crippen molar-refractivity contribution in [2.75, 3.05) is 52.3 Å². The Morgan fingerprint density at radius 1 is 0.815 bits per heavy atom. The van der Waals surface area contributed by atoms with E-state index in [9.17, 15) is 0 Å². The third-order valence-corrected chi connectivity index (χ3v) is 5.13. The third-order valence-electron chi connectivity index (χ3n) is 5.13. The van der Waals surface area contributed by atoms with Crippen LogP contribution >= 0.6 is 0 Å². The Morgan fingerprint density at radius 3 is 2.26 bits per heavy atom. The Morgan fingerprint density at radius 2 is 1.52 bits per heavy atom. The largest absolute Gasteiger partial charge is 0.493 e. The van der Waals surface area contributed by atoms with Crippen molar-refractivity contribution in [1.82, 2.24) is 14.9 Å². The summed E-state index contributed by atoms with van der Waals surface area (Å²) >= 11 is 0. The fourth-order valence-electron chi connectivity index (χ4n) is 3.51. The molecule has 1 saturated heterocycles. The van der Waals surface area contributed by atoms with E-state index in [4.69, 9.17) is 9.47 Å². The maximum absolute atomic E-state index is 5.45. The number of ether oxygens (including phenoxy) is 2. The molecular weight excluding hydrogens is 340 g/mol. The molecule has 3 aromatic rings. The molecule has 1 aromatic heterocycles. The molecule has 1 aliphatic rings. The van der Waals surface area contributed by atoms with Gasteiger partial charge in [-0.1, -0.05) is 12.1 Å². The smallest absolute Gasteiger partial charge is 0.161 e. The maximum Gasteiger partial charge on any atom is 0.161 e. The summed E-state index contributed by atoms with van der Waals surface area (Å²) in [7, 11) is 5.46. The fourth-order valence-corrected chi connectivity index (χ4v) is 3.51. The number of fused-ring (bicyclic) bond motifs is 1. The Hall–Kier alpha value is -2.86. The fraction of sp³-hybridized carbons (Fsp3) is 0.333. The molecule has 0 N–H and O–H groups in total. The van der Waals surface area contributed by atoms with Crippen LogP contribution in [0.1, 0.15) is 0 Å². The van der Waals surface area contributed by atoms with Crippen LogP contribution in [0.15, 0.2) is 42.7 Å². The van der Waals surface area contributed by atoms with E-state index in [1.165, 1.54) is 0 Å². The lowest BCUT2D eigenvalue weighted by atomic mass is 10.0. The minimum absolute atomic E-state index is 0.721. The van der Waals surface area contributed by atoms with Gasteiger partial charge in [-0.25, -0.2) is 9.97 Å². The molecule has 6 heteroatoms. The molecule has 0 saturated carbocycles. The van der Waals surface area contributed by atoms with Gasteiger partial charge in [-0.05, 0) is 42.4 Å². The van der Waals surface area contributed by atoms with Gasteiger partial charge in [0.2, 0.25) is 0 Å². The highest BCUT2D eigenvalue weighted by molar-refractivity contribution is 5.93. The van der Waals surface area contributed by atoms with E-state index in [1.54, 1.807) is 20.5 Å². The van der Waals surface area contributed by atoms with Crippen molar-refractivity contribution in [3.05, 3.63) is 42.7 Å². The van der Waals surface area contributed by atoms with Gasteiger partial charge in [-0.2, -0.15) is 0 Å². The van der Waals surface area contributed by atoms with Gasteiger partial charge >= 0.3 is 0 Å². The zero-order chi connectivity index (χ0) is 18.8. The summed E-state index contributed by atoms with van der Waals surface area (Å²) in [6, 6.07) is 12.3. The van der Waals surface area contributed by atoms with Crippen LogP contribution in [0.3, 0.4) is 0 Å². The molecule has 0 atom stereocenters. The molecule has 1 aliphatic heterocycles. The first-order valence-electron chi connectivity index (χ1n) is 9.10. The van der Waals surface area contributed by atoms with Crippen LogP contribution in [-0.4, -0.2) is 62.3 Å². The quantitative estimate of drug-likeness (QED) is 0.709. The van der Waals surface area contributed by atoms with Gasteiger partial charge in [0.15, 0.2) is 11.5 Å². The SMILES string of the molecule is COc1ccc(-c2ccc3ncnc(N4CCN(C)CC4)c3c2)cc1OC. The van der Waals surface area contributed by atoms with E-state index in [-0.39, 0.29) is 0 Å². The number of likely N-dealkylation sites (N-methyl/N-ethyl adjacent to an activating group) is 1. The van der Waals surface area contributed by atoms with Gasteiger partial charge in [0, 0.05) is 31.6 Å². The van der Waals surface area contributed by atoms with Gasteiger partial charge in [0.25, 0.3) is 0 Å². The highest BCUT2D eigenvalue weighted by atomic mass is 16.5. The van der Waals surface area contributed by atoms with Gasteiger partial charge in [-0.15, -0.1) is 0 Å². The van der Waals surface area contributed by atoms with Gasteiger partial charge in [0.05, 0.1) is 19.7 Å². The molecule has 1 fully saturated rings. The van der Waals surface area contributed by atoms with E-state index in [2.05, 4.69) is 45.0 Å². The molecule has 2 aromatic carbocycles. The molecular formula is C21H24N4O2. The summed E-state index contributed by atoms with van der Waals surface area (Å²) in [5.74, 6) is 2.46. The normalized spacial score (nSPS) is 15.1. The molecule has 0 aliphatic carbocycles. The number of hydrogen-bond donors (Lipinski definition) is 0. The second kappa shape index (κ2) is 7.40. The first-order chi connectivity index (χ1) is 13.2. The molecule has 0 bridgehead atoms. The minimum atomic E-state index is 0.721. The van der Waals surface area contributed by atoms with Crippen LogP contribution < -0.4 is 14.4 Å². The van der Waals surface area contributed by atoms with Gasteiger partial charge in [0.1, 0.15) is 12.1 Å². The molecule has 0 unspecified atom stereocenters. The van der Waals surface area contributed by atoms with E-state index in [1.807, 2.05) is 18.2 Å². The van der Waals surface area contributed by atoms with Gasteiger partial charge < -0.3 is 19.3 Å². The zero-order valence-corrected chi connectivity index (χ0v) is 16.0. The summed E-state index contributed by atoms with van der Waals surface area (Å²) in [4.78, 5) is 13.7. The average molecular weight is 364 g/mol. The lowest BCUT2D eigenvalue weighted by Gasteiger charge is -2.33. The highest BCUT2D eigenvalue weighted by Crippen LogP contribution is 2.34. The van der Waals surface area contributed by atoms with Crippen LogP contribution in [0, 0.1) is 0 Å². The molecule has 0 spiro atoms. The molecule has 6 nitrogen and oxygen atoms in total. The van der Waals surface area contributed by atoms with Crippen molar-refractivity contribution < 1.29 is 9.47 Å². The van der Waals surface area contributed by atoms with Crippen molar-refractivity contribution in [2.45, 2.75) is 0 Å². The number of methoxy groups -OCH3 is 2. The number of benzene rings is 2. The molecule has 0 radical (unpaired) electrons. The number of rotatable bonds is 4. The Labute approximate surface area is 159 Å².